The van der Waals surface area contributed by atoms with Gasteiger partial charge in [-0.3, -0.25) is 4.79 Å². The summed E-state index contributed by atoms with van der Waals surface area (Å²) in [6.07, 6.45) is 3.79. The zero-order valence-electron chi connectivity index (χ0n) is 10.0. The summed E-state index contributed by atoms with van der Waals surface area (Å²) in [4.78, 5) is 22.3. The lowest BCUT2D eigenvalue weighted by Gasteiger charge is -2.14. The van der Waals surface area contributed by atoms with E-state index in [2.05, 4.69) is 11.9 Å². The van der Waals surface area contributed by atoms with Crippen LogP contribution in [0, 0.1) is 5.92 Å². The van der Waals surface area contributed by atoms with Crippen LogP contribution in [0.5, 0.6) is 0 Å². The summed E-state index contributed by atoms with van der Waals surface area (Å²) in [5.74, 6) is -0.730. The van der Waals surface area contributed by atoms with Crippen molar-refractivity contribution in [3.63, 3.8) is 0 Å². The molecular weight excluding hydrogens is 206 g/mol. The maximum absolute atomic E-state index is 11.4. The molecule has 1 unspecified atom stereocenters. The zero-order chi connectivity index (χ0) is 12.6. The standard InChI is InChI=1S/C12H21NO3/c1-4-5-6-10(12(15)16)13-11(14)8-7-9(2)3/h4,9-10H,1,5-8H2,2-3H3,(H,13,14)(H,15,16). The van der Waals surface area contributed by atoms with Crippen molar-refractivity contribution in [1.29, 1.82) is 0 Å². The molecule has 0 heterocycles. The molecule has 16 heavy (non-hydrogen) atoms. The van der Waals surface area contributed by atoms with Gasteiger partial charge < -0.3 is 10.4 Å². The highest BCUT2D eigenvalue weighted by Gasteiger charge is 2.18. The molecule has 0 saturated carbocycles. The van der Waals surface area contributed by atoms with Gasteiger partial charge in [-0.2, -0.15) is 0 Å². The number of nitrogens with one attached hydrogen (secondary N) is 1. The molecule has 0 saturated heterocycles. The number of carboxylic acids is 1. The molecule has 0 aromatic rings. The molecule has 4 heteroatoms. The van der Waals surface area contributed by atoms with Crippen molar-refractivity contribution in [3.8, 4) is 0 Å². The molecule has 1 atom stereocenters. The van der Waals surface area contributed by atoms with E-state index in [-0.39, 0.29) is 5.91 Å². The van der Waals surface area contributed by atoms with Crippen molar-refractivity contribution < 1.29 is 14.7 Å². The number of amides is 1. The quantitative estimate of drug-likeness (QED) is 0.623. The summed E-state index contributed by atoms with van der Waals surface area (Å²) in [7, 11) is 0. The van der Waals surface area contributed by atoms with Crippen LogP contribution >= 0.6 is 0 Å². The lowest BCUT2D eigenvalue weighted by molar-refractivity contribution is -0.142. The number of carbonyl (C=O) groups excluding carboxylic acids is 1. The highest BCUT2D eigenvalue weighted by Crippen LogP contribution is 2.04. The number of hydrogen-bond acceptors (Lipinski definition) is 2. The highest BCUT2D eigenvalue weighted by molar-refractivity contribution is 5.83. The maximum atomic E-state index is 11.4. The van der Waals surface area contributed by atoms with Crippen LogP contribution in [-0.4, -0.2) is 23.0 Å². The molecule has 0 radical (unpaired) electrons. The predicted molar refractivity (Wildman–Crippen MR) is 63.1 cm³/mol. The van der Waals surface area contributed by atoms with E-state index in [4.69, 9.17) is 5.11 Å². The first-order chi connectivity index (χ1) is 7.47. The Labute approximate surface area is 96.7 Å². The minimum atomic E-state index is -0.986. The molecule has 0 bridgehead atoms. The summed E-state index contributed by atoms with van der Waals surface area (Å²) in [6.45, 7) is 7.58. The molecule has 0 rings (SSSR count). The number of carboxylic acid groups (broad SMARTS) is 1. The Kier molecular flexibility index (Phi) is 7.25. The number of carbonyl (C=O) groups is 2. The fourth-order valence-corrected chi connectivity index (χ4v) is 1.23. The van der Waals surface area contributed by atoms with Gasteiger partial charge in [0.25, 0.3) is 0 Å². The molecule has 0 aliphatic carbocycles. The topological polar surface area (TPSA) is 66.4 Å². The molecule has 0 aliphatic rings. The summed E-state index contributed by atoms with van der Waals surface area (Å²) >= 11 is 0. The number of allylic oxidation sites excluding steroid dienone is 1. The molecule has 0 spiro atoms. The first-order valence-electron chi connectivity index (χ1n) is 5.60. The van der Waals surface area contributed by atoms with Gasteiger partial charge in [0.05, 0.1) is 0 Å². The summed E-state index contributed by atoms with van der Waals surface area (Å²) in [5.41, 5.74) is 0. The lowest BCUT2D eigenvalue weighted by Crippen LogP contribution is -2.40. The van der Waals surface area contributed by atoms with Gasteiger partial charge in [-0.05, 0) is 25.2 Å². The predicted octanol–water partition coefficient (Wildman–Crippen LogP) is 1.96. The summed E-state index contributed by atoms with van der Waals surface area (Å²) in [5, 5.41) is 11.4. The van der Waals surface area contributed by atoms with Crippen LogP contribution in [0.25, 0.3) is 0 Å². The second-order valence-electron chi connectivity index (χ2n) is 4.26. The Hall–Kier alpha value is -1.32. The Morgan fingerprint density at radius 2 is 2.00 bits per heavy atom. The van der Waals surface area contributed by atoms with Gasteiger partial charge in [0.2, 0.25) is 5.91 Å². The second-order valence-corrected chi connectivity index (χ2v) is 4.26. The maximum Gasteiger partial charge on any atom is 0.326 e. The monoisotopic (exact) mass is 227 g/mol. The van der Waals surface area contributed by atoms with E-state index < -0.39 is 12.0 Å². The van der Waals surface area contributed by atoms with Crippen molar-refractivity contribution in [2.75, 3.05) is 0 Å². The van der Waals surface area contributed by atoms with Crippen LogP contribution in [-0.2, 0) is 9.59 Å². The largest absolute Gasteiger partial charge is 0.480 e. The van der Waals surface area contributed by atoms with Gasteiger partial charge in [0, 0.05) is 6.42 Å². The average Bonchev–Trinajstić information content (AvgIpc) is 2.20. The number of aliphatic carboxylic acids is 1. The normalized spacial score (nSPS) is 12.2. The van der Waals surface area contributed by atoms with Gasteiger partial charge in [0.15, 0.2) is 0 Å². The number of hydrogen-bond donors (Lipinski definition) is 2. The highest BCUT2D eigenvalue weighted by atomic mass is 16.4. The van der Waals surface area contributed by atoms with Crippen LogP contribution in [0.1, 0.15) is 39.5 Å². The van der Waals surface area contributed by atoms with E-state index in [0.29, 0.717) is 25.2 Å². The van der Waals surface area contributed by atoms with Crippen molar-refractivity contribution in [2.24, 2.45) is 5.92 Å². The lowest BCUT2D eigenvalue weighted by atomic mass is 10.1. The third-order valence-corrected chi connectivity index (χ3v) is 2.24. The van der Waals surface area contributed by atoms with Crippen LogP contribution in [0.4, 0.5) is 0 Å². The van der Waals surface area contributed by atoms with Gasteiger partial charge >= 0.3 is 5.97 Å². The van der Waals surface area contributed by atoms with Crippen LogP contribution in [0.15, 0.2) is 12.7 Å². The Morgan fingerprint density at radius 1 is 1.38 bits per heavy atom. The molecule has 4 nitrogen and oxygen atoms in total. The Morgan fingerprint density at radius 3 is 2.44 bits per heavy atom. The van der Waals surface area contributed by atoms with Gasteiger partial charge in [-0.15, -0.1) is 6.58 Å². The number of rotatable bonds is 8. The molecule has 0 fully saturated rings. The van der Waals surface area contributed by atoms with Crippen LogP contribution in [0.3, 0.4) is 0 Å². The molecule has 0 aliphatic heterocycles. The van der Waals surface area contributed by atoms with E-state index in [9.17, 15) is 9.59 Å². The SMILES string of the molecule is C=CCCC(NC(=O)CCC(C)C)C(=O)O. The van der Waals surface area contributed by atoms with Crippen molar-refractivity contribution in [1.82, 2.24) is 5.32 Å². The molecule has 92 valence electrons. The Bertz CT molecular complexity index is 249. The zero-order valence-corrected chi connectivity index (χ0v) is 10.0. The van der Waals surface area contributed by atoms with Gasteiger partial charge in [0.1, 0.15) is 6.04 Å². The van der Waals surface area contributed by atoms with Crippen LogP contribution < -0.4 is 5.32 Å². The molecule has 0 aromatic heterocycles. The van der Waals surface area contributed by atoms with Crippen LogP contribution in [0.2, 0.25) is 0 Å². The molecule has 2 N–H and O–H groups in total. The summed E-state index contributed by atoms with van der Waals surface area (Å²) in [6, 6.07) is -0.794. The second kappa shape index (κ2) is 7.91. The van der Waals surface area contributed by atoms with E-state index >= 15 is 0 Å². The smallest absolute Gasteiger partial charge is 0.326 e. The molecule has 1 amide bonds. The van der Waals surface area contributed by atoms with Gasteiger partial charge in [-0.1, -0.05) is 19.9 Å². The fourth-order valence-electron chi connectivity index (χ4n) is 1.23. The van der Waals surface area contributed by atoms with Crippen molar-refractivity contribution >= 4 is 11.9 Å². The first-order valence-corrected chi connectivity index (χ1v) is 5.60. The van der Waals surface area contributed by atoms with E-state index in [1.165, 1.54) is 0 Å². The summed E-state index contributed by atoms with van der Waals surface area (Å²) < 4.78 is 0. The molecule has 0 aromatic carbocycles. The average molecular weight is 227 g/mol. The fraction of sp³-hybridized carbons (Fsp3) is 0.667. The third kappa shape index (κ3) is 7.04. The van der Waals surface area contributed by atoms with E-state index in [1.54, 1.807) is 6.08 Å². The molecular formula is C12H21NO3. The van der Waals surface area contributed by atoms with E-state index in [1.807, 2.05) is 13.8 Å². The van der Waals surface area contributed by atoms with E-state index in [0.717, 1.165) is 6.42 Å². The first kappa shape index (κ1) is 14.7. The minimum Gasteiger partial charge on any atom is -0.480 e. The van der Waals surface area contributed by atoms with Crippen molar-refractivity contribution in [3.05, 3.63) is 12.7 Å². The van der Waals surface area contributed by atoms with Crippen molar-refractivity contribution in [2.45, 2.75) is 45.6 Å². The van der Waals surface area contributed by atoms with Gasteiger partial charge in [-0.25, -0.2) is 4.79 Å². The minimum absolute atomic E-state index is 0.190. The Balaban J connectivity index is 4.02. The third-order valence-electron chi connectivity index (χ3n) is 2.24.